The number of halogens is 1. The highest BCUT2D eigenvalue weighted by Gasteiger charge is 2.02. The molecule has 1 aromatic heterocycles. The van der Waals surface area contributed by atoms with Gasteiger partial charge in [0.05, 0.1) is 12.1 Å². The predicted molar refractivity (Wildman–Crippen MR) is 95.6 cm³/mol. The van der Waals surface area contributed by atoms with Crippen LogP contribution in [0.25, 0.3) is 0 Å². The number of hydrogen-bond donors (Lipinski definition) is 2. The highest BCUT2D eigenvalue weighted by Crippen LogP contribution is 2.27. The molecule has 0 spiro atoms. The van der Waals surface area contributed by atoms with E-state index in [4.69, 9.17) is 22.1 Å². The van der Waals surface area contributed by atoms with Crippen LogP contribution in [0.4, 0.5) is 5.69 Å². The van der Waals surface area contributed by atoms with Gasteiger partial charge in [-0.2, -0.15) is 0 Å². The van der Waals surface area contributed by atoms with Crippen LogP contribution in [-0.2, 0) is 0 Å². The molecule has 0 atom stereocenters. The van der Waals surface area contributed by atoms with Crippen molar-refractivity contribution in [1.82, 2.24) is 4.98 Å². The molecule has 1 aromatic carbocycles. The summed E-state index contributed by atoms with van der Waals surface area (Å²) in [5, 5.41) is 5.51. The topological polar surface area (TPSA) is 72.5 Å². The Morgan fingerprint density at radius 3 is 3.09 bits per heavy atom. The number of aromatic nitrogens is 1. The Hall–Kier alpha value is -1.44. The van der Waals surface area contributed by atoms with E-state index in [1.807, 2.05) is 17.6 Å². The van der Waals surface area contributed by atoms with E-state index < -0.39 is 0 Å². The fourth-order valence-corrected chi connectivity index (χ4v) is 3.53. The lowest BCUT2D eigenvalue weighted by Gasteiger charge is -2.08. The van der Waals surface area contributed by atoms with Gasteiger partial charge in [-0.25, -0.2) is 4.98 Å². The first-order chi connectivity index (χ1) is 10.7. The van der Waals surface area contributed by atoms with Crippen LogP contribution in [0, 0.1) is 0 Å². The standard InChI is InChI=1S/C14H17ClN4OS2/c1-20-12-4-3-10(9-11(12)15)19-13(16)17-5-2-7-21-14-18-6-8-22-14/h3-4,6,8-9H,2,5,7H2,1H3,(H3,16,17,19). The number of aliphatic imine (C=N–C) groups is 1. The third-order valence-corrected chi connectivity index (χ3v) is 4.99. The van der Waals surface area contributed by atoms with E-state index >= 15 is 0 Å². The molecule has 0 saturated carbocycles. The van der Waals surface area contributed by atoms with Crippen molar-refractivity contribution in [3.63, 3.8) is 0 Å². The SMILES string of the molecule is COc1ccc(NC(N)=NCCCSc2nccs2)cc1Cl. The minimum absolute atomic E-state index is 0.375. The second kappa shape index (κ2) is 8.87. The molecular weight excluding hydrogens is 340 g/mol. The molecule has 0 radical (unpaired) electrons. The van der Waals surface area contributed by atoms with Gasteiger partial charge in [-0.15, -0.1) is 11.3 Å². The van der Waals surface area contributed by atoms with Crippen LogP contribution >= 0.6 is 34.7 Å². The van der Waals surface area contributed by atoms with Crippen molar-refractivity contribution in [2.75, 3.05) is 24.7 Å². The number of anilines is 1. The van der Waals surface area contributed by atoms with E-state index in [0.29, 0.717) is 23.3 Å². The largest absolute Gasteiger partial charge is 0.495 e. The number of ether oxygens (including phenoxy) is 1. The maximum atomic E-state index is 6.05. The second-order valence-electron chi connectivity index (χ2n) is 4.24. The molecular formula is C14H17ClN4OS2. The zero-order valence-electron chi connectivity index (χ0n) is 12.1. The van der Waals surface area contributed by atoms with E-state index in [1.165, 1.54) is 0 Å². The zero-order chi connectivity index (χ0) is 15.8. The summed E-state index contributed by atoms with van der Waals surface area (Å²) >= 11 is 9.44. The fraction of sp³-hybridized carbons (Fsp3) is 0.286. The number of nitrogens with one attached hydrogen (secondary N) is 1. The lowest BCUT2D eigenvalue weighted by molar-refractivity contribution is 0.415. The van der Waals surface area contributed by atoms with Gasteiger partial charge in [-0.3, -0.25) is 4.99 Å². The summed E-state index contributed by atoms with van der Waals surface area (Å²) in [5.74, 6) is 1.97. The van der Waals surface area contributed by atoms with Gasteiger partial charge in [-0.1, -0.05) is 23.4 Å². The number of hydrogen-bond acceptors (Lipinski definition) is 5. The Labute approximate surface area is 142 Å². The molecule has 0 aliphatic heterocycles. The molecule has 0 unspecified atom stereocenters. The molecule has 2 rings (SSSR count). The molecule has 2 aromatic rings. The summed E-state index contributed by atoms with van der Waals surface area (Å²) in [6, 6.07) is 5.37. The van der Waals surface area contributed by atoms with Crippen molar-refractivity contribution < 1.29 is 4.74 Å². The predicted octanol–water partition coefficient (Wildman–Crippen LogP) is 3.71. The molecule has 0 bridgehead atoms. The zero-order valence-corrected chi connectivity index (χ0v) is 14.5. The summed E-state index contributed by atoms with van der Waals surface area (Å²) in [7, 11) is 1.58. The van der Waals surface area contributed by atoms with E-state index in [0.717, 1.165) is 22.2 Å². The third-order valence-electron chi connectivity index (χ3n) is 2.64. The smallest absolute Gasteiger partial charge is 0.193 e. The lowest BCUT2D eigenvalue weighted by atomic mass is 10.3. The molecule has 0 fully saturated rings. The van der Waals surface area contributed by atoms with Crippen molar-refractivity contribution in [2.24, 2.45) is 10.7 Å². The summed E-state index contributed by atoms with van der Waals surface area (Å²) in [4.78, 5) is 8.50. The van der Waals surface area contributed by atoms with Crippen molar-refractivity contribution in [1.29, 1.82) is 0 Å². The van der Waals surface area contributed by atoms with E-state index in [-0.39, 0.29) is 0 Å². The highest BCUT2D eigenvalue weighted by atomic mass is 35.5. The average Bonchev–Trinajstić information content (AvgIpc) is 3.00. The lowest BCUT2D eigenvalue weighted by Crippen LogP contribution is -2.22. The van der Waals surface area contributed by atoms with Crippen LogP contribution in [-0.4, -0.2) is 30.4 Å². The molecule has 0 aliphatic rings. The number of benzene rings is 1. The Bertz CT molecular complexity index is 619. The summed E-state index contributed by atoms with van der Waals surface area (Å²) in [6.07, 6.45) is 2.75. The maximum Gasteiger partial charge on any atom is 0.193 e. The van der Waals surface area contributed by atoms with Gasteiger partial charge in [-0.05, 0) is 24.6 Å². The van der Waals surface area contributed by atoms with Crippen LogP contribution in [0.1, 0.15) is 6.42 Å². The first-order valence-corrected chi connectivity index (χ1v) is 8.86. The van der Waals surface area contributed by atoms with E-state index in [9.17, 15) is 0 Å². The van der Waals surface area contributed by atoms with Crippen molar-refractivity contribution in [3.8, 4) is 5.75 Å². The van der Waals surface area contributed by atoms with Gasteiger partial charge >= 0.3 is 0 Å². The number of thiazole rings is 1. The fourth-order valence-electron chi connectivity index (χ4n) is 1.64. The molecule has 0 amide bonds. The molecule has 1 heterocycles. The summed E-state index contributed by atoms with van der Waals surface area (Å²) in [5.41, 5.74) is 6.63. The molecule has 0 saturated heterocycles. The Morgan fingerprint density at radius 1 is 1.55 bits per heavy atom. The van der Waals surface area contributed by atoms with Gasteiger partial charge in [0.1, 0.15) is 10.1 Å². The van der Waals surface area contributed by atoms with Gasteiger partial charge in [0.2, 0.25) is 0 Å². The van der Waals surface area contributed by atoms with Crippen LogP contribution in [0.3, 0.4) is 0 Å². The van der Waals surface area contributed by atoms with Gasteiger partial charge in [0.25, 0.3) is 0 Å². The number of guanidine groups is 1. The summed E-state index contributed by atoms with van der Waals surface area (Å²) < 4.78 is 6.19. The van der Waals surface area contributed by atoms with Crippen LogP contribution in [0.2, 0.25) is 5.02 Å². The summed E-state index contributed by atoms with van der Waals surface area (Å²) in [6.45, 7) is 0.668. The van der Waals surface area contributed by atoms with Crippen LogP contribution in [0.15, 0.2) is 39.1 Å². The molecule has 5 nitrogen and oxygen atoms in total. The van der Waals surface area contributed by atoms with Gasteiger partial charge < -0.3 is 15.8 Å². The minimum Gasteiger partial charge on any atom is -0.495 e. The van der Waals surface area contributed by atoms with Crippen molar-refractivity contribution in [3.05, 3.63) is 34.8 Å². The van der Waals surface area contributed by atoms with Crippen LogP contribution < -0.4 is 15.8 Å². The number of rotatable bonds is 7. The second-order valence-corrected chi connectivity index (χ2v) is 6.89. The number of nitrogens with two attached hydrogens (primary N) is 1. The Morgan fingerprint density at radius 2 is 2.41 bits per heavy atom. The molecule has 22 heavy (non-hydrogen) atoms. The van der Waals surface area contributed by atoms with Crippen LogP contribution in [0.5, 0.6) is 5.75 Å². The Kier molecular flexibility index (Phi) is 6.82. The minimum atomic E-state index is 0.375. The third kappa shape index (κ3) is 5.40. The normalized spacial score (nSPS) is 11.5. The number of thioether (sulfide) groups is 1. The van der Waals surface area contributed by atoms with Gasteiger partial charge in [0, 0.05) is 29.6 Å². The van der Waals surface area contributed by atoms with Crippen molar-refractivity contribution >= 4 is 46.3 Å². The highest BCUT2D eigenvalue weighted by molar-refractivity contribution is 8.00. The van der Waals surface area contributed by atoms with Gasteiger partial charge in [0.15, 0.2) is 5.96 Å². The molecule has 0 aliphatic carbocycles. The van der Waals surface area contributed by atoms with Crippen molar-refractivity contribution in [2.45, 2.75) is 10.8 Å². The first-order valence-electron chi connectivity index (χ1n) is 6.62. The quantitative estimate of drug-likeness (QED) is 0.342. The van der Waals surface area contributed by atoms with E-state index in [1.54, 1.807) is 42.3 Å². The average molecular weight is 357 g/mol. The number of nitrogens with zero attached hydrogens (tertiary/aromatic N) is 2. The first kappa shape index (κ1) is 16.9. The molecule has 8 heteroatoms. The Balaban J connectivity index is 1.74. The molecule has 118 valence electrons. The molecule has 3 N–H and O–H groups in total. The maximum absolute atomic E-state index is 6.05. The van der Waals surface area contributed by atoms with E-state index in [2.05, 4.69) is 15.3 Å². The monoisotopic (exact) mass is 356 g/mol. The number of methoxy groups -OCH3 is 1.